The van der Waals surface area contributed by atoms with Crippen molar-refractivity contribution in [2.24, 2.45) is 5.10 Å². The number of aromatic nitrogens is 3. The van der Waals surface area contributed by atoms with E-state index in [-0.39, 0.29) is 17.1 Å². The Hall–Kier alpha value is -3.54. The largest absolute Gasteiger partial charge is 0.490 e. The van der Waals surface area contributed by atoms with Crippen molar-refractivity contribution in [1.82, 2.24) is 14.9 Å². The van der Waals surface area contributed by atoms with Crippen LogP contribution < -0.4 is 9.47 Å². The summed E-state index contributed by atoms with van der Waals surface area (Å²) >= 11 is 4.92. The number of benzene rings is 1. The van der Waals surface area contributed by atoms with Crippen LogP contribution in [0, 0.1) is 4.77 Å². The van der Waals surface area contributed by atoms with Crippen LogP contribution in [-0.4, -0.2) is 40.8 Å². The van der Waals surface area contributed by atoms with E-state index >= 15 is 0 Å². The maximum absolute atomic E-state index is 13.0. The van der Waals surface area contributed by atoms with Crippen LogP contribution in [0.1, 0.15) is 41.1 Å². The third kappa shape index (κ3) is 5.34. The van der Waals surface area contributed by atoms with E-state index in [9.17, 15) is 13.6 Å². The molecular formula is C19H18F2N4O5S. The van der Waals surface area contributed by atoms with E-state index in [4.69, 9.17) is 26.1 Å². The summed E-state index contributed by atoms with van der Waals surface area (Å²) in [5.74, 6) is 0.147. The molecule has 0 amide bonds. The predicted molar refractivity (Wildman–Crippen MR) is 107 cm³/mol. The number of alkyl halides is 2. The second kappa shape index (κ2) is 9.98. The third-order valence-electron chi connectivity index (χ3n) is 3.88. The summed E-state index contributed by atoms with van der Waals surface area (Å²) in [6, 6.07) is 8.02. The molecule has 0 atom stereocenters. The summed E-state index contributed by atoms with van der Waals surface area (Å²) in [5, 5.41) is 9.71. The van der Waals surface area contributed by atoms with Crippen LogP contribution >= 0.6 is 12.2 Å². The molecule has 0 aliphatic heterocycles. The van der Waals surface area contributed by atoms with Crippen molar-refractivity contribution in [3.8, 4) is 11.5 Å². The third-order valence-corrected chi connectivity index (χ3v) is 4.14. The zero-order chi connectivity index (χ0) is 22.4. The lowest BCUT2D eigenvalue weighted by molar-refractivity contribution is 0.0560. The Morgan fingerprint density at radius 1 is 1.32 bits per heavy atom. The average molecular weight is 452 g/mol. The zero-order valence-electron chi connectivity index (χ0n) is 16.5. The number of esters is 1. The molecule has 0 radical (unpaired) electrons. The summed E-state index contributed by atoms with van der Waals surface area (Å²) in [5.41, 5.74) is 0.560. The average Bonchev–Trinajstić information content (AvgIpc) is 3.38. The number of ether oxygens (including phenoxy) is 3. The number of carbonyl (C=O) groups excluding carboxylic acids is 1. The van der Waals surface area contributed by atoms with Crippen LogP contribution in [0.2, 0.25) is 0 Å². The van der Waals surface area contributed by atoms with Gasteiger partial charge in [0.25, 0.3) is 6.43 Å². The molecule has 0 fully saturated rings. The minimum Gasteiger partial charge on any atom is -0.490 e. The number of nitrogens with one attached hydrogen (secondary N) is 1. The molecule has 1 aromatic carbocycles. The van der Waals surface area contributed by atoms with E-state index in [1.165, 1.54) is 19.4 Å². The molecule has 0 aliphatic rings. The molecule has 3 aromatic rings. The molecule has 12 heteroatoms. The number of nitrogens with zero attached hydrogens (tertiary/aromatic N) is 3. The highest BCUT2D eigenvalue weighted by atomic mass is 32.1. The van der Waals surface area contributed by atoms with Gasteiger partial charge >= 0.3 is 5.97 Å². The highest BCUT2D eigenvalue weighted by Gasteiger charge is 2.16. The fourth-order valence-corrected chi connectivity index (χ4v) is 2.67. The van der Waals surface area contributed by atoms with E-state index in [0.29, 0.717) is 29.4 Å². The lowest BCUT2D eigenvalue weighted by Crippen LogP contribution is -2.01. The molecule has 0 spiro atoms. The molecule has 0 bridgehead atoms. The number of H-pyrrole nitrogens is 1. The van der Waals surface area contributed by atoms with Crippen LogP contribution in [0.15, 0.2) is 39.9 Å². The van der Waals surface area contributed by atoms with Crippen molar-refractivity contribution < 1.29 is 32.2 Å². The first-order valence-corrected chi connectivity index (χ1v) is 9.40. The van der Waals surface area contributed by atoms with Gasteiger partial charge in [-0.3, -0.25) is 0 Å². The summed E-state index contributed by atoms with van der Waals surface area (Å²) in [6.45, 7) is 2.22. The molecule has 0 saturated carbocycles. The van der Waals surface area contributed by atoms with Gasteiger partial charge in [0, 0.05) is 0 Å². The topological polar surface area (TPSA) is 104 Å². The van der Waals surface area contributed by atoms with Gasteiger partial charge in [-0.05, 0) is 55.0 Å². The van der Waals surface area contributed by atoms with Crippen LogP contribution in [0.25, 0.3) is 0 Å². The fraction of sp³-hybridized carbons (Fsp3) is 0.263. The molecule has 2 aromatic heterocycles. The zero-order valence-corrected chi connectivity index (χ0v) is 17.3. The van der Waals surface area contributed by atoms with Gasteiger partial charge in [-0.1, -0.05) is 0 Å². The maximum atomic E-state index is 13.0. The minimum atomic E-state index is -2.83. The van der Waals surface area contributed by atoms with Crippen molar-refractivity contribution >= 4 is 24.4 Å². The van der Waals surface area contributed by atoms with Crippen molar-refractivity contribution in [2.45, 2.75) is 20.0 Å². The molecule has 0 aliphatic carbocycles. The molecule has 9 nitrogen and oxygen atoms in total. The van der Waals surface area contributed by atoms with E-state index < -0.39 is 18.2 Å². The molecule has 0 unspecified atom stereocenters. The SMILES string of the molecule is CCOc1cc(/C=N/n2c(C(F)F)n[nH]c2=S)ccc1OCc1ccc(C(=O)OC)o1. The van der Waals surface area contributed by atoms with E-state index in [1.807, 2.05) is 0 Å². The van der Waals surface area contributed by atoms with Crippen molar-refractivity contribution in [3.05, 3.63) is 58.0 Å². The second-order valence-electron chi connectivity index (χ2n) is 5.93. The van der Waals surface area contributed by atoms with Gasteiger partial charge < -0.3 is 18.6 Å². The van der Waals surface area contributed by atoms with E-state index in [1.54, 1.807) is 31.2 Å². The Kier molecular flexibility index (Phi) is 7.13. The lowest BCUT2D eigenvalue weighted by Gasteiger charge is -2.11. The summed E-state index contributed by atoms with van der Waals surface area (Å²) in [4.78, 5) is 11.5. The number of methoxy groups -OCH3 is 1. The Morgan fingerprint density at radius 3 is 2.84 bits per heavy atom. The van der Waals surface area contributed by atoms with E-state index in [0.717, 1.165) is 4.68 Å². The number of carbonyl (C=O) groups is 1. The number of hydrogen-bond acceptors (Lipinski definition) is 8. The van der Waals surface area contributed by atoms with Gasteiger partial charge in [0.05, 0.1) is 19.9 Å². The second-order valence-corrected chi connectivity index (χ2v) is 6.32. The first-order chi connectivity index (χ1) is 14.9. The van der Waals surface area contributed by atoms with Gasteiger partial charge in [0.1, 0.15) is 12.4 Å². The molecule has 31 heavy (non-hydrogen) atoms. The summed E-state index contributed by atoms with van der Waals surface area (Å²) < 4.78 is 48.0. The molecule has 164 valence electrons. The number of hydrogen-bond donors (Lipinski definition) is 1. The number of aromatic amines is 1. The lowest BCUT2D eigenvalue weighted by atomic mass is 10.2. The molecule has 0 saturated heterocycles. The first kappa shape index (κ1) is 22.2. The number of furan rings is 1. The Balaban J connectivity index is 1.77. The van der Waals surface area contributed by atoms with Crippen LogP contribution in [-0.2, 0) is 11.3 Å². The quantitative estimate of drug-likeness (QED) is 0.296. The van der Waals surface area contributed by atoms with Crippen molar-refractivity contribution in [2.75, 3.05) is 13.7 Å². The summed E-state index contributed by atoms with van der Waals surface area (Å²) in [6.07, 6.45) is -1.49. The first-order valence-electron chi connectivity index (χ1n) is 8.99. The van der Waals surface area contributed by atoms with Crippen molar-refractivity contribution in [1.29, 1.82) is 0 Å². The summed E-state index contributed by atoms with van der Waals surface area (Å²) in [7, 11) is 1.26. The Morgan fingerprint density at radius 2 is 2.13 bits per heavy atom. The van der Waals surface area contributed by atoms with Gasteiger partial charge in [-0.2, -0.15) is 14.9 Å². The number of rotatable bonds is 9. The van der Waals surface area contributed by atoms with Crippen LogP contribution in [0.5, 0.6) is 11.5 Å². The van der Waals surface area contributed by atoms with Crippen molar-refractivity contribution in [3.63, 3.8) is 0 Å². The molecule has 1 N–H and O–H groups in total. The molecule has 3 rings (SSSR count). The minimum absolute atomic E-state index is 0.0481. The fourth-order valence-electron chi connectivity index (χ4n) is 2.49. The monoisotopic (exact) mass is 452 g/mol. The smallest absolute Gasteiger partial charge is 0.373 e. The van der Waals surface area contributed by atoms with Gasteiger partial charge in [-0.15, -0.1) is 0 Å². The highest BCUT2D eigenvalue weighted by Crippen LogP contribution is 2.29. The predicted octanol–water partition coefficient (Wildman–Crippen LogP) is 4.12. The van der Waals surface area contributed by atoms with Crippen LogP contribution in [0.4, 0.5) is 8.78 Å². The van der Waals surface area contributed by atoms with E-state index in [2.05, 4.69) is 20.0 Å². The highest BCUT2D eigenvalue weighted by molar-refractivity contribution is 7.71. The maximum Gasteiger partial charge on any atom is 0.373 e. The standard InChI is InChI=1S/C19H18F2N4O5S/c1-3-28-15-8-11(9-22-25-17(16(20)21)23-24-19(25)31)4-6-13(15)29-10-12-5-7-14(30-12)18(26)27-2/h4-9,16H,3,10H2,1-2H3,(H,24,31)/b22-9+. The molecule has 2 heterocycles. The molecular weight excluding hydrogens is 434 g/mol. The van der Waals surface area contributed by atoms with Gasteiger partial charge in [-0.25, -0.2) is 18.7 Å². The normalized spacial score (nSPS) is 11.3. The Bertz CT molecular complexity index is 1140. The van der Waals surface area contributed by atoms with Gasteiger partial charge in [0.2, 0.25) is 16.4 Å². The Labute approximate surface area is 180 Å². The van der Waals surface area contributed by atoms with Crippen LogP contribution in [0.3, 0.4) is 0 Å². The number of halogens is 2. The van der Waals surface area contributed by atoms with Gasteiger partial charge in [0.15, 0.2) is 11.5 Å².